The minimum Gasteiger partial charge on any atom is -0.349 e. The van der Waals surface area contributed by atoms with Gasteiger partial charge in [0.25, 0.3) is 0 Å². The first-order chi connectivity index (χ1) is 10.7. The number of aryl methyl sites for hydroxylation is 1. The summed E-state index contributed by atoms with van der Waals surface area (Å²) in [4.78, 5) is 23.4. The third kappa shape index (κ3) is 9.32. The smallest absolute Gasteiger partial charge is 0.220 e. The van der Waals surface area contributed by atoms with Crippen LogP contribution in [0, 0.1) is 0 Å². The Morgan fingerprint density at radius 2 is 1.64 bits per heavy atom. The van der Waals surface area contributed by atoms with E-state index in [0.717, 1.165) is 25.7 Å². The van der Waals surface area contributed by atoms with E-state index in [1.165, 1.54) is 24.8 Å². The van der Waals surface area contributed by atoms with Gasteiger partial charge >= 0.3 is 0 Å². The second-order valence-electron chi connectivity index (χ2n) is 5.82. The topological polar surface area (TPSA) is 46.2 Å². The number of carbonyl (C=O) groups is 2. The Labute approximate surface area is 134 Å². The molecule has 3 nitrogen and oxygen atoms in total. The highest BCUT2D eigenvalue weighted by molar-refractivity contribution is 5.85. The van der Waals surface area contributed by atoms with Gasteiger partial charge < -0.3 is 5.32 Å². The lowest BCUT2D eigenvalue weighted by Gasteiger charge is -2.05. The van der Waals surface area contributed by atoms with Gasteiger partial charge in [-0.2, -0.15) is 0 Å². The minimum atomic E-state index is 0.00732. The predicted octanol–water partition coefficient (Wildman–Crippen LogP) is 4.06. The molecule has 0 unspecified atom stereocenters. The van der Waals surface area contributed by atoms with Gasteiger partial charge in [-0.15, -0.1) is 0 Å². The zero-order chi connectivity index (χ0) is 16.0. The quantitative estimate of drug-likeness (QED) is 0.592. The molecular formula is C19H29NO2. The van der Waals surface area contributed by atoms with Crippen molar-refractivity contribution in [3.8, 4) is 0 Å². The van der Waals surface area contributed by atoms with E-state index in [-0.39, 0.29) is 18.2 Å². The van der Waals surface area contributed by atoms with Crippen LogP contribution in [0.5, 0.6) is 0 Å². The molecule has 122 valence electrons. The van der Waals surface area contributed by atoms with Crippen LogP contribution < -0.4 is 5.32 Å². The lowest BCUT2D eigenvalue weighted by atomic mass is 10.1. The molecule has 0 aliphatic carbocycles. The van der Waals surface area contributed by atoms with Crippen molar-refractivity contribution in [3.63, 3.8) is 0 Å². The number of unbranched alkanes of at least 4 members (excludes halogenated alkanes) is 4. The summed E-state index contributed by atoms with van der Waals surface area (Å²) < 4.78 is 0. The third-order valence-corrected chi connectivity index (χ3v) is 3.75. The zero-order valence-electron chi connectivity index (χ0n) is 13.8. The maximum atomic E-state index is 11.7. The monoisotopic (exact) mass is 303 g/mol. The van der Waals surface area contributed by atoms with E-state index < -0.39 is 0 Å². The van der Waals surface area contributed by atoms with Crippen molar-refractivity contribution in [1.82, 2.24) is 5.32 Å². The van der Waals surface area contributed by atoms with Crippen molar-refractivity contribution >= 4 is 11.7 Å². The van der Waals surface area contributed by atoms with E-state index in [1.54, 1.807) is 0 Å². The Bertz CT molecular complexity index is 428. The fourth-order valence-electron chi connectivity index (χ4n) is 2.40. The highest BCUT2D eigenvalue weighted by Gasteiger charge is 2.05. The van der Waals surface area contributed by atoms with Crippen molar-refractivity contribution in [3.05, 3.63) is 35.9 Å². The molecule has 0 radical (unpaired) electrons. The average Bonchev–Trinajstić information content (AvgIpc) is 2.54. The number of amides is 1. The van der Waals surface area contributed by atoms with E-state index in [1.807, 2.05) is 18.2 Å². The second kappa shape index (κ2) is 12.0. The highest BCUT2D eigenvalue weighted by Crippen LogP contribution is 2.06. The van der Waals surface area contributed by atoms with Crippen LogP contribution in [0.25, 0.3) is 0 Å². The van der Waals surface area contributed by atoms with E-state index in [2.05, 4.69) is 24.4 Å². The van der Waals surface area contributed by atoms with E-state index in [9.17, 15) is 9.59 Å². The SMILES string of the molecule is CCCCCCCC(=O)NCC(=O)CCCc1ccccc1. The van der Waals surface area contributed by atoms with Gasteiger partial charge in [0, 0.05) is 12.8 Å². The lowest BCUT2D eigenvalue weighted by Crippen LogP contribution is -2.29. The molecule has 0 aromatic heterocycles. The van der Waals surface area contributed by atoms with Crippen LogP contribution in [0.1, 0.15) is 63.9 Å². The number of carbonyl (C=O) groups excluding carboxylic acids is 2. The Kier molecular flexibility index (Phi) is 10.0. The first-order valence-corrected chi connectivity index (χ1v) is 8.54. The molecule has 0 bridgehead atoms. The Balaban J connectivity index is 2.01. The molecule has 0 saturated heterocycles. The number of nitrogens with one attached hydrogen (secondary N) is 1. The van der Waals surface area contributed by atoms with E-state index in [0.29, 0.717) is 12.8 Å². The summed E-state index contributed by atoms with van der Waals surface area (Å²) in [7, 11) is 0. The molecule has 3 heteroatoms. The van der Waals surface area contributed by atoms with Crippen molar-refractivity contribution in [2.75, 3.05) is 6.54 Å². The molecule has 1 aromatic carbocycles. The standard InChI is InChI=1S/C19H29NO2/c1-2-3-4-5-9-15-19(22)20-16-18(21)14-10-13-17-11-7-6-8-12-17/h6-8,11-12H,2-5,9-10,13-16H2,1H3,(H,20,22). The van der Waals surface area contributed by atoms with Gasteiger partial charge in [-0.25, -0.2) is 0 Å². The fourth-order valence-corrected chi connectivity index (χ4v) is 2.40. The molecule has 0 aliphatic rings. The number of Topliss-reactive ketones (excluding diaryl/α,β-unsaturated/α-hetero) is 1. The summed E-state index contributed by atoms with van der Waals surface area (Å²) >= 11 is 0. The van der Waals surface area contributed by atoms with Gasteiger partial charge in [0.15, 0.2) is 5.78 Å². The van der Waals surface area contributed by atoms with E-state index in [4.69, 9.17) is 0 Å². The van der Waals surface area contributed by atoms with Crippen LogP contribution in [0.4, 0.5) is 0 Å². The van der Waals surface area contributed by atoms with Gasteiger partial charge in [-0.3, -0.25) is 9.59 Å². The first-order valence-electron chi connectivity index (χ1n) is 8.54. The third-order valence-electron chi connectivity index (χ3n) is 3.75. The summed E-state index contributed by atoms with van der Waals surface area (Å²) in [6.45, 7) is 2.36. The number of hydrogen-bond donors (Lipinski definition) is 1. The summed E-state index contributed by atoms with van der Waals surface area (Å²) in [5, 5.41) is 2.73. The molecule has 0 saturated carbocycles. The maximum absolute atomic E-state index is 11.7. The van der Waals surface area contributed by atoms with Gasteiger partial charge in [-0.05, 0) is 24.8 Å². The Hall–Kier alpha value is -1.64. The summed E-state index contributed by atoms with van der Waals surface area (Å²) in [6.07, 6.45) is 8.51. The Morgan fingerprint density at radius 1 is 0.909 bits per heavy atom. The van der Waals surface area contributed by atoms with Crippen LogP contribution in [0.2, 0.25) is 0 Å². The van der Waals surface area contributed by atoms with Gasteiger partial charge in [0.2, 0.25) is 5.91 Å². The number of ketones is 1. The van der Waals surface area contributed by atoms with Gasteiger partial charge in [0.1, 0.15) is 0 Å². The van der Waals surface area contributed by atoms with Crippen molar-refractivity contribution in [1.29, 1.82) is 0 Å². The molecule has 0 atom stereocenters. The largest absolute Gasteiger partial charge is 0.349 e. The molecule has 0 aliphatic heterocycles. The predicted molar refractivity (Wildman–Crippen MR) is 90.8 cm³/mol. The molecule has 0 heterocycles. The summed E-state index contributed by atoms with van der Waals surface area (Å²) in [5.74, 6) is 0.128. The molecule has 0 fully saturated rings. The molecule has 1 rings (SSSR count). The van der Waals surface area contributed by atoms with Gasteiger partial charge in [-0.1, -0.05) is 62.9 Å². The summed E-state index contributed by atoms with van der Waals surface area (Å²) in [6, 6.07) is 10.2. The highest BCUT2D eigenvalue weighted by atomic mass is 16.2. The molecule has 0 spiro atoms. The van der Waals surface area contributed by atoms with Crippen molar-refractivity contribution < 1.29 is 9.59 Å². The second-order valence-corrected chi connectivity index (χ2v) is 5.82. The molecule has 22 heavy (non-hydrogen) atoms. The van der Waals surface area contributed by atoms with Crippen molar-refractivity contribution in [2.24, 2.45) is 0 Å². The normalized spacial score (nSPS) is 10.4. The molecule has 1 N–H and O–H groups in total. The maximum Gasteiger partial charge on any atom is 0.220 e. The molecule has 1 amide bonds. The minimum absolute atomic E-state index is 0.00732. The van der Waals surface area contributed by atoms with E-state index >= 15 is 0 Å². The molecular weight excluding hydrogens is 274 g/mol. The zero-order valence-corrected chi connectivity index (χ0v) is 13.8. The molecule has 1 aromatic rings. The van der Waals surface area contributed by atoms with Crippen LogP contribution in [-0.4, -0.2) is 18.2 Å². The number of hydrogen-bond acceptors (Lipinski definition) is 2. The number of benzene rings is 1. The lowest BCUT2D eigenvalue weighted by molar-refractivity contribution is -0.125. The van der Waals surface area contributed by atoms with Crippen LogP contribution in [0.3, 0.4) is 0 Å². The Morgan fingerprint density at radius 3 is 2.36 bits per heavy atom. The summed E-state index contributed by atoms with van der Waals surface area (Å²) in [5.41, 5.74) is 1.26. The van der Waals surface area contributed by atoms with Crippen LogP contribution in [0.15, 0.2) is 30.3 Å². The first kappa shape index (κ1) is 18.4. The average molecular weight is 303 g/mol. The van der Waals surface area contributed by atoms with Crippen LogP contribution in [-0.2, 0) is 16.0 Å². The number of rotatable bonds is 12. The van der Waals surface area contributed by atoms with Crippen LogP contribution >= 0.6 is 0 Å². The van der Waals surface area contributed by atoms with Gasteiger partial charge in [0.05, 0.1) is 6.54 Å². The fraction of sp³-hybridized carbons (Fsp3) is 0.579. The van der Waals surface area contributed by atoms with Crippen molar-refractivity contribution in [2.45, 2.75) is 64.7 Å².